The Morgan fingerprint density at radius 1 is 1.25 bits per heavy atom. The smallest absolute Gasteiger partial charge is 0.317 e. The average Bonchev–Trinajstić information content (AvgIpc) is 2.46. The van der Waals surface area contributed by atoms with Crippen LogP contribution in [-0.2, 0) is 6.54 Å². The zero-order chi connectivity index (χ0) is 14.5. The molecule has 110 valence electrons. The summed E-state index contributed by atoms with van der Waals surface area (Å²) in [6.07, 6.45) is 2.23. The number of amides is 2. The second kappa shape index (κ2) is 6.64. The van der Waals surface area contributed by atoms with Crippen molar-refractivity contribution in [2.45, 2.75) is 26.3 Å². The molecule has 2 amide bonds. The molecule has 1 aliphatic heterocycles. The highest BCUT2D eigenvalue weighted by atomic mass is 16.2. The van der Waals surface area contributed by atoms with E-state index in [1.807, 2.05) is 19.0 Å². The molecule has 20 heavy (non-hydrogen) atoms. The Kier molecular flexibility index (Phi) is 4.88. The SMILES string of the molecule is CC1CCN(C(=O)NCc2ccc(N(C)C)cc2)CC1. The number of benzene rings is 1. The Balaban J connectivity index is 1.81. The summed E-state index contributed by atoms with van der Waals surface area (Å²) in [7, 11) is 4.04. The second-order valence-corrected chi connectivity index (χ2v) is 5.89. The van der Waals surface area contributed by atoms with Crippen molar-refractivity contribution in [1.29, 1.82) is 0 Å². The van der Waals surface area contributed by atoms with Gasteiger partial charge in [-0.25, -0.2) is 4.79 Å². The maximum Gasteiger partial charge on any atom is 0.317 e. The molecule has 0 spiro atoms. The van der Waals surface area contributed by atoms with E-state index in [0.717, 1.165) is 37.4 Å². The summed E-state index contributed by atoms with van der Waals surface area (Å²) < 4.78 is 0. The molecule has 2 rings (SSSR count). The molecule has 0 bridgehead atoms. The maximum absolute atomic E-state index is 12.1. The molecule has 1 N–H and O–H groups in total. The van der Waals surface area contributed by atoms with Crippen LogP contribution in [0.25, 0.3) is 0 Å². The molecular formula is C16H25N3O. The summed E-state index contributed by atoms with van der Waals surface area (Å²) in [6, 6.07) is 8.34. The Morgan fingerprint density at radius 3 is 2.40 bits per heavy atom. The normalized spacial score (nSPS) is 16.1. The first-order chi connectivity index (χ1) is 9.56. The van der Waals surface area contributed by atoms with Crippen LogP contribution in [0, 0.1) is 5.92 Å². The molecule has 0 radical (unpaired) electrons. The fraction of sp³-hybridized carbons (Fsp3) is 0.562. The predicted octanol–water partition coefficient (Wildman–Crippen LogP) is 2.69. The first kappa shape index (κ1) is 14.7. The number of anilines is 1. The topological polar surface area (TPSA) is 35.6 Å². The van der Waals surface area contributed by atoms with Crippen LogP contribution in [0.4, 0.5) is 10.5 Å². The van der Waals surface area contributed by atoms with E-state index < -0.39 is 0 Å². The van der Waals surface area contributed by atoms with Gasteiger partial charge in [-0.15, -0.1) is 0 Å². The minimum atomic E-state index is 0.0635. The van der Waals surface area contributed by atoms with E-state index in [1.54, 1.807) is 0 Å². The van der Waals surface area contributed by atoms with E-state index in [1.165, 1.54) is 5.69 Å². The molecular weight excluding hydrogens is 250 g/mol. The lowest BCUT2D eigenvalue weighted by atomic mass is 10.00. The quantitative estimate of drug-likeness (QED) is 0.920. The molecule has 1 saturated heterocycles. The highest BCUT2D eigenvalue weighted by Gasteiger charge is 2.19. The van der Waals surface area contributed by atoms with E-state index in [4.69, 9.17) is 0 Å². The third-order valence-electron chi connectivity index (χ3n) is 3.97. The highest BCUT2D eigenvalue weighted by Crippen LogP contribution is 2.16. The lowest BCUT2D eigenvalue weighted by molar-refractivity contribution is 0.173. The van der Waals surface area contributed by atoms with Gasteiger partial charge in [-0.1, -0.05) is 19.1 Å². The number of hydrogen-bond donors (Lipinski definition) is 1. The van der Waals surface area contributed by atoms with Gasteiger partial charge in [0, 0.05) is 39.4 Å². The zero-order valence-corrected chi connectivity index (χ0v) is 12.7. The van der Waals surface area contributed by atoms with Crippen LogP contribution in [0.15, 0.2) is 24.3 Å². The first-order valence-electron chi connectivity index (χ1n) is 7.35. The number of likely N-dealkylation sites (tertiary alicyclic amines) is 1. The van der Waals surface area contributed by atoms with Crippen molar-refractivity contribution >= 4 is 11.7 Å². The number of hydrogen-bond acceptors (Lipinski definition) is 2. The maximum atomic E-state index is 12.1. The summed E-state index contributed by atoms with van der Waals surface area (Å²) in [4.78, 5) is 16.1. The molecule has 0 aliphatic carbocycles. The molecule has 0 atom stereocenters. The molecule has 0 unspecified atom stereocenters. The van der Waals surface area contributed by atoms with Crippen molar-refractivity contribution in [3.8, 4) is 0 Å². The molecule has 1 aliphatic rings. The van der Waals surface area contributed by atoms with Gasteiger partial charge in [-0.3, -0.25) is 0 Å². The van der Waals surface area contributed by atoms with Crippen LogP contribution in [0.2, 0.25) is 0 Å². The molecule has 1 fully saturated rings. The number of carbonyl (C=O) groups excluding carboxylic acids is 1. The van der Waals surface area contributed by atoms with Gasteiger partial charge in [0.25, 0.3) is 0 Å². The van der Waals surface area contributed by atoms with Crippen LogP contribution in [0.1, 0.15) is 25.3 Å². The van der Waals surface area contributed by atoms with E-state index in [2.05, 4.69) is 41.4 Å². The fourth-order valence-corrected chi connectivity index (χ4v) is 2.41. The molecule has 4 nitrogen and oxygen atoms in total. The highest BCUT2D eigenvalue weighted by molar-refractivity contribution is 5.74. The van der Waals surface area contributed by atoms with Crippen molar-refractivity contribution in [2.75, 3.05) is 32.1 Å². The van der Waals surface area contributed by atoms with Gasteiger partial charge in [-0.05, 0) is 36.5 Å². The second-order valence-electron chi connectivity index (χ2n) is 5.89. The number of rotatable bonds is 3. The predicted molar refractivity (Wildman–Crippen MR) is 83.0 cm³/mol. The molecule has 4 heteroatoms. The molecule has 0 saturated carbocycles. The van der Waals surface area contributed by atoms with E-state index in [9.17, 15) is 4.79 Å². The Hall–Kier alpha value is -1.71. The van der Waals surface area contributed by atoms with Gasteiger partial charge in [0.1, 0.15) is 0 Å². The number of piperidine rings is 1. The standard InChI is InChI=1S/C16H25N3O/c1-13-8-10-19(11-9-13)16(20)17-12-14-4-6-15(7-5-14)18(2)3/h4-7,13H,8-12H2,1-3H3,(H,17,20). The minimum Gasteiger partial charge on any atom is -0.378 e. The Morgan fingerprint density at radius 2 is 1.85 bits per heavy atom. The van der Waals surface area contributed by atoms with Crippen molar-refractivity contribution in [3.63, 3.8) is 0 Å². The monoisotopic (exact) mass is 275 g/mol. The third-order valence-corrected chi connectivity index (χ3v) is 3.97. The lowest BCUT2D eigenvalue weighted by Crippen LogP contribution is -2.43. The van der Waals surface area contributed by atoms with Gasteiger partial charge in [-0.2, -0.15) is 0 Å². The Bertz CT molecular complexity index is 434. The van der Waals surface area contributed by atoms with E-state index in [0.29, 0.717) is 6.54 Å². The number of nitrogens with zero attached hydrogens (tertiary/aromatic N) is 2. The summed E-state index contributed by atoms with van der Waals surface area (Å²) in [5.41, 5.74) is 2.31. The van der Waals surface area contributed by atoms with E-state index >= 15 is 0 Å². The van der Waals surface area contributed by atoms with Crippen LogP contribution in [0.5, 0.6) is 0 Å². The third kappa shape index (κ3) is 3.89. The van der Waals surface area contributed by atoms with Crippen molar-refractivity contribution in [1.82, 2.24) is 10.2 Å². The molecule has 1 heterocycles. The summed E-state index contributed by atoms with van der Waals surface area (Å²) >= 11 is 0. The van der Waals surface area contributed by atoms with Gasteiger partial charge in [0.05, 0.1) is 0 Å². The van der Waals surface area contributed by atoms with Gasteiger partial charge >= 0.3 is 6.03 Å². The van der Waals surface area contributed by atoms with Crippen LogP contribution in [0.3, 0.4) is 0 Å². The fourth-order valence-electron chi connectivity index (χ4n) is 2.41. The Labute approximate surface area is 121 Å². The summed E-state index contributed by atoms with van der Waals surface area (Å²) in [5.74, 6) is 0.748. The molecule has 1 aromatic rings. The van der Waals surface area contributed by atoms with Crippen molar-refractivity contribution in [3.05, 3.63) is 29.8 Å². The van der Waals surface area contributed by atoms with Crippen molar-refractivity contribution < 1.29 is 4.79 Å². The van der Waals surface area contributed by atoms with E-state index in [-0.39, 0.29) is 6.03 Å². The largest absolute Gasteiger partial charge is 0.378 e. The number of nitrogens with one attached hydrogen (secondary N) is 1. The zero-order valence-electron chi connectivity index (χ0n) is 12.7. The first-order valence-corrected chi connectivity index (χ1v) is 7.35. The molecule has 0 aromatic heterocycles. The number of carbonyl (C=O) groups is 1. The average molecular weight is 275 g/mol. The van der Waals surface area contributed by atoms with Gasteiger partial charge in [0.15, 0.2) is 0 Å². The number of urea groups is 1. The van der Waals surface area contributed by atoms with Gasteiger partial charge in [0.2, 0.25) is 0 Å². The lowest BCUT2D eigenvalue weighted by Gasteiger charge is -2.30. The summed E-state index contributed by atoms with van der Waals surface area (Å²) in [5, 5.41) is 3.01. The van der Waals surface area contributed by atoms with Gasteiger partial charge < -0.3 is 15.1 Å². The van der Waals surface area contributed by atoms with Crippen LogP contribution < -0.4 is 10.2 Å². The summed E-state index contributed by atoms with van der Waals surface area (Å²) in [6.45, 7) is 4.61. The molecule has 1 aromatic carbocycles. The van der Waals surface area contributed by atoms with Crippen LogP contribution >= 0.6 is 0 Å². The van der Waals surface area contributed by atoms with Crippen molar-refractivity contribution in [2.24, 2.45) is 5.92 Å². The van der Waals surface area contributed by atoms with Crippen LogP contribution in [-0.4, -0.2) is 38.1 Å². The minimum absolute atomic E-state index is 0.0635.